The molecule has 182 valence electrons. The van der Waals surface area contributed by atoms with Crippen molar-refractivity contribution in [2.24, 2.45) is 0 Å². The maximum Gasteiger partial charge on any atom is 0.258 e. The van der Waals surface area contributed by atoms with Crippen LogP contribution in [0.25, 0.3) is 0 Å². The molecule has 0 N–H and O–H groups in total. The highest BCUT2D eigenvalue weighted by atomic mass is 35.5. The zero-order valence-electron chi connectivity index (χ0n) is 20.5. The molecule has 1 aliphatic rings. The Kier molecular flexibility index (Phi) is 8.25. The molecule has 1 aliphatic carbocycles. The summed E-state index contributed by atoms with van der Waals surface area (Å²) >= 11 is 6.13. The minimum atomic E-state index is -0.184. The summed E-state index contributed by atoms with van der Waals surface area (Å²) in [5, 5.41) is 0.635. The molecule has 0 radical (unpaired) electrons. The van der Waals surface area contributed by atoms with Gasteiger partial charge in [0.15, 0.2) is 0 Å². The number of hydrogen-bond acceptors (Lipinski definition) is 2. The minimum Gasteiger partial charge on any atom is -0.308 e. The number of carbonyl (C=O) groups is 2. The van der Waals surface area contributed by atoms with E-state index in [2.05, 4.69) is 13.8 Å². The molecule has 0 saturated heterocycles. The van der Waals surface area contributed by atoms with E-state index in [4.69, 9.17) is 11.6 Å². The van der Waals surface area contributed by atoms with E-state index in [-0.39, 0.29) is 24.4 Å². The molecule has 2 amide bonds. The van der Waals surface area contributed by atoms with E-state index in [9.17, 15) is 9.59 Å². The van der Waals surface area contributed by atoms with Gasteiger partial charge in [0.2, 0.25) is 5.91 Å². The van der Waals surface area contributed by atoms with Crippen LogP contribution < -0.4 is 9.80 Å². The van der Waals surface area contributed by atoms with Crippen LogP contribution in [0.1, 0.15) is 67.8 Å². The predicted molar refractivity (Wildman–Crippen MR) is 144 cm³/mol. The SMILES string of the molecule is CC(C)c1ccc(N(CC(=O)N(c2ccc(Cl)cc2)C2CCCCC2)C(=O)c2ccccc2)cc1. The third kappa shape index (κ3) is 6.12. The molecule has 4 rings (SSSR count). The van der Waals surface area contributed by atoms with E-state index >= 15 is 0 Å². The molecule has 0 spiro atoms. The molecule has 0 bridgehead atoms. The van der Waals surface area contributed by atoms with Gasteiger partial charge in [-0.15, -0.1) is 0 Å². The number of amides is 2. The van der Waals surface area contributed by atoms with Crippen molar-refractivity contribution < 1.29 is 9.59 Å². The van der Waals surface area contributed by atoms with Crippen molar-refractivity contribution >= 4 is 34.8 Å². The first-order valence-electron chi connectivity index (χ1n) is 12.5. The van der Waals surface area contributed by atoms with Gasteiger partial charge < -0.3 is 4.90 Å². The van der Waals surface area contributed by atoms with Gasteiger partial charge in [-0.3, -0.25) is 14.5 Å². The summed E-state index contributed by atoms with van der Waals surface area (Å²) in [6, 6.07) is 24.7. The van der Waals surface area contributed by atoms with Crippen LogP contribution >= 0.6 is 11.6 Å². The molecule has 0 atom stereocenters. The maximum absolute atomic E-state index is 13.9. The molecule has 3 aromatic carbocycles. The van der Waals surface area contributed by atoms with Crippen LogP contribution in [0.4, 0.5) is 11.4 Å². The number of carbonyl (C=O) groups excluding carboxylic acids is 2. The molecule has 0 aliphatic heterocycles. The lowest BCUT2D eigenvalue weighted by Gasteiger charge is -2.36. The van der Waals surface area contributed by atoms with Gasteiger partial charge in [-0.2, -0.15) is 0 Å². The van der Waals surface area contributed by atoms with Gasteiger partial charge in [0, 0.05) is 28.0 Å². The molecule has 1 fully saturated rings. The smallest absolute Gasteiger partial charge is 0.258 e. The molecule has 5 heteroatoms. The standard InChI is InChI=1S/C30H33ClN2O2/c1-22(2)23-13-17-26(18-14-23)32(30(35)24-9-5-3-6-10-24)21-29(34)33(27-11-7-4-8-12-27)28-19-15-25(31)16-20-28/h3,5-6,9-10,13-20,22,27H,4,7-8,11-12,21H2,1-2H3. The molecule has 0 aromatic heterocycles. The first-order chi connectivity index (χ1) is 16.9. The topological polar surface area (TPSA) is 40.6 Å². The minimum absolute atomic E-state index is 0.0338. The molecule has 0 heterocycles. The fraction of sp³-hybridized carbons (Fsp3) is 0.333. The van der Waals surface area contributed by atoms with Gasteiger partial charge in [0.1, 0.15) is 6.54 Å². The molecular weight excluding hydrogens is 456 g/mol. The molecule has 35 heavy (non-hydrogen) atoms. The number of rotatable bonds is 7. The Labute approximate surface area is 213 Å². The first kappa shape index (κ1) is 25.0. The lowest BCUT2D eigenvalue weighted by molar-refractivity contribution is -0.117. The van der Waals surface area contributed by atoms with Gasteiger partial charge in [0.05, 0.1) is 0 Å². The van der Waals surface area contributed by atoms with Crippen molar-refractivity contribution in [1.82, 2.24) is 0 Å². The van der Waals surface area contributed by atoms with E-state index in [1.165, 1.54) is 12.0 Å². The second kappa shape index (κ2) is 11.5. The second-order valence-electron chi connectivity index (χ2n) is 9.54. The molecule has 3 aromatic rings. The molecular formula is C30H33ClN2O2. The lowest BCUT2D eigenvalue weighted by atomic mass is 9.93. The first-order valence-corrected chi connectivity index (χ1v) is 12.9. The van der Waals surface area contributed by atoms with Crippen molar-refractivity contribution in [3.05, 3.63) is 95.0 Å². The summed E-state index contributed by atoms with van der Waals surface area (Å²) < 4.78 is 0. The third-order valence-electron chi connectivity index (χ3n) is 6.74. The largest absolute Gasteiger partial charge is 0.308 e. The van der Waals surface area contributed by atoms with Gasteiger partial charge in [-0.05, 0) is 72.9 Å². The Morgan fingerprint density at radius 1 is 0.829 bits per heavy atom. The Morgan fingerprint density at radius 2 is 1.43 bits per heavy atom. The maximum atomic E-state index is 13.9. The Bertz CT molecular complexity index is 1120. The van der Waals surface area contributed by atoms with Crippen LogP contribution in [-0.2, 0) is 4.79 Å². The van der Waals surface area contributed by atoms with E-state index in [0.717, 1.165) is 37.1 Å². The highest BCUT2D eigenvalue weighted by Crippen LogP contribution is 2.30. The summed E-state index contributed by atoms with van der Waals surface area (Å²) in [5.41, 5.74) is 3.30. The van der Waals surface area contributed by atoms with Gasteiger partial charge in [-0.1, -0.05) is 75.0 Å². The Balaban J connectivity index is 1.68. The van der Waals surface area contributed by atoms with Crippen LogP contribution in [0, 0.1) is 0 Å². The fourth-order valence-corrected chi connectivity index (χ4v) is 4.89. The van der Waals surface area contributed by atoms with Gasteiger partial charge >= 0.3 is 0 Å². The highest BCUT2D eigenvalue weighted by Gasteiger charge is 2.30. The van der Waals surface area contributed by atoms with Crippen LogP contribution in [0.2, 0.25) is 5.02 Å². The van der Waals surface area contributed by atoms with E-state index in [1.54, 1.807) is 17.0 Å². The quantitative estimate of drug-likeness (QED) is 0.346. The van der Waals surface area contributed by atoms with Gasteiger partial charge in [-0.25, -0.2) is 0 Å². The van der Waals surface area contributed by atoms with Crippen LogP contribution in [-0.4, -0.2) is 24.4 Å². The predicted octanol–water partition coefficient (Wildman–Crippen LogP) is 7.48. The Morgan fingerprint density at radius 3 is 2.03 bits per heavy atom. The molecule has 4 nitrogen and oxygen atoms in total. The zero-order chi connectivity index (χ0) is 24.8. The van der Waals surface area contributed by atoms with E-state index in [0.29, 0.717) is 16.5 Å². The van der Waals surface area contributed by atoms with Gasteiger partial charge in [0.25, 0.3) is 5.91 Å². The van der Waals surface area contributed by atoms with Crippen LogP contribution in [0.15, 0.2) is 78.9 Å². The molecule has 1 saturated carbocycles. The second-order valence-corrected chi connectivity index (χ2v) is 9.97. The monoisotopic (exact) mass is 488 g/mol. The number of anilines is 2. The van der Waals surface area contributed by atoms with Crippen molar-refractivity contribution in [1.29, 1.82) is 0 Å². The number of nitrogens with zero attached hydrogens (tertiary/aromatic N) is 2. The van der Waals surface area contributed by atoms with Crippen LogP contribution in [0.3, 0.4) is 0 Å². The summed E-state index contributed by atoms with van der Waals surface area (Å²) in [4.78, 5) is 31.0. The summed E-state index contributed by atoms with van der Waals surface area (Å²) in [6.45, 7) is 4.24. The fourth-order valence-electron chi connectivity index (χ4n) is 4.77. The van der Waals surface area contributed by atoms with Crippen molar-refractivity contribution in [3.8, 4) is 0 Å². The highest BCUT2D eigenvalue weighted by molar-refractivity contribution is 6.30. The van der Waals surface area contributed by atoms with E-state index in [1.807, 2.05) is 71.6 Å². The normalized spacial score (nSPS) is 14.1. The summed E-state index contributed by atoms with van der Waals surface area (Å²) in [6.07, 6.45) is 5.32. The van der Waals surface area contributed by atoms with Crippen LogP contribution in [0.5, 0.6) is 0 Å². The van der Waals surface area contributed by atoms with Crippen molar-refractivity contribution in [3.63, 3.8) is 0 Å². The average molecular weight is 489 g/mol. The van der Waals surface area contributed by atoms with Crippen molar-refractivity contribution in [2.45, 2.75) is 57.9 Å². The lowest BCUT2D eigenvalue weighted by Crippen LogP contribution is -2.48. The number of hydrogen-bond donors (Lipinski definition) is 0. The molecule has 0 unspecified atom stereocenters. The van der Waals surface area contributed by atoms with E-state index < -0.39 is 0 Å². The number of halogens is 1. The number of benzene rings is 3. The third-order valence-corrected chi connectivity index (χ3v) is 7.00. The Hall–Kier alpha value is -3.11. The summed E-state index contributed by atoms with van der Waals surface area (Å²) in [7, 11) is 0. The van der Waals surface area contributed by atoms with Crippen molar-refractivity contribution in [2.75, 3.05) is 16.3 Å². The zero-order valence-corrected chi connectivity index (χ0v) is 21.2. The average Bonchev–Trinajstić information content (AvgIpc) is 2.89. The summed E-state index contributed by atoms with van der Waals surface area (Å²) in [5.74, 6) is 0.114.